The molecule has 0 spiro atoms. The molecule has 0 radical (unpaired) electrons. The Morgan fingerprint density at radius 1 is 0.549 bits per heavy atom. The zero-order valence-electron chi connectivity index (χ0n) is 41.6. The predicted molar refractivity (Wildman–Crippen MR) is 274 cm³/mol. The monoisotopic (exact) mass is 972 g/mol. The molecule has 4 aromatic carbocycles. The molecule has 0 unspecified atom stereocenters. The maximum absolute atomic E-state index is 14.4. The zero-order valence-corrected chi connectivity index (χ0v) is 41.6. The van der Waals surface area contributed by atoms with Gasteiger partial charge < -0.3 is 42.7 Å². The molecule has 0 heterocycles. The third kappa shape index (κ3) is 18.4. The highest BCUT2D eigenvalue weighted by Crippen LogP contribution is 2.28. The van der Waals surface area contributed by atoms with E-state index < -0.39 is 72.2 Å². The summed E-state index contributed by atoms with van der Waals surface area (Å²) in [7, 11) is 0. The van der Waals surface area contributed by atoms with Crippen molar-refractivity contribution in [3.63, 3.8) is 0 Å². The second-order valence-electron chi connectivity index (χ2n) is 19.4. The van der Waals surface area contributed by atoms with Crippen LogP contribution in [0.25, 0.3) is 11.1 Å². The maximum atomic E-state index is 14.4. The van der Waals surface area contributed by atoms with Gasteiger partial charge in [0.1, 0.15) is 29.9 Å². The van der Waals surface area contributed by atoms with Gasteiger partial charge in [0.05, 0.1) is 12.6 Å². The first-order valence-corrected chi connectivity index (χ1v) is 25.0. The minimum Gasteiger partial charge on any atom is -0.508 e. The van der Waals surface area contributed by atoms with Crippen molar-refractivity contribution in [2.75, 3.05) is 13.1 Å². The van der Waals surface area contributed by atoms with E-state index in [2.05, 4.69) is 31.9 Å². The number of Topliss-reactive ketones (excluding diaryl/α,β-unsaturated/α-hetero) is 1. The van der Waals surface area contributed by atoms with Gasteiger partial charge in [-0.05, 0) is 90.9 Å². The van der Waals surface area contributed by atoms with Crippen LogP contribution in [-0.4, -0.2) is 89.6 Å². The Balaban J connectivity index is 1.28. The smallest absolute Gasteiger partial charge is 0.243 e. The number of nitrogens with two attached hydrogens (primary N) is 1. The summed E-state index contributed by atoms with van der Waals surface area (Å²) < 4.78 is 0. The Kier molecular flexibility index (Phi) is 21.8. The number of hydrogen-bond donors (Lipinski definition) is 8. The number of phenolic OH excluding ortho intramolecular Hbond substituents is 1. The van der Waals surface area contributed by atoms with Crippen molar-refractivity contribution in [3.8, 4) is 16.9 Å². The molecule has 1 saturated carbocycles. The second kappa shape index (κ2) is 28.1. The van der Waals surface area contributed by atoms with Crippen LogP contribution in [-0.2, 0) is 52.8 Å². The molecule has 15 nitrogen and oxygen atoms in total. The van der Waals surface area contributed by atoms with Crippen LogP contribution in [0.4, 0.5) is 0 Å². The maximum Gasteiger partial charge on any atom is 0.243 e. The first-order chi connectivity index (χ1) is 34.1. The van der Waals surface area contributed by atoms with E-state index in [0.717, 1.165) is 59.9 Å². The van der Waals surface area contributed by atoms with E-state index in [1.54, 1.807) is 43.3 Å². The molecule has 1 aliphatic rings. The van der Waals surface area contributed by atoms with E-state index in [9.17, 15) is 38.7 Å². The molecule has 1 fully saturated rings. The molecule has 6 amide bonds. The van der Waals surface area contributed by atoms with Gasteiger partial charge in [-0.25, -0.2) is 0 Å². The van der Waals surface area contributed by atoms with Crippen molar-refractivity contribution in [3.05, 3.63) is 126 Å². The first kappa shape index (κ1) is 55.1. The molecule has 15 heteroatoms. The van der Waals surface area contributed by atoms with Crippen molar-refractivity contribution in [2.45, 2.75) is 129 Å². The minimum absolute atomic E-state index is 0.0534. The van der Waals surface area contributed by atoms with E-state index in [0.29, 0.717) is 18.8 Å². The van der Waals surface area contributed by atoms with Crippen molar-refractivity contribution in [1.82, 2.24) is 31.9 Å². The number of carbonyl (C=O) groups is 7. The predicted octanol–water partition coefficient (Wildman–Crippen LogP) is 5.22. The summed E-state index contributed by atoms with van der Waals surface area (Å²) in [6.07, 6.45) is 6.67. The van der Waals surface area contributed by atoms with Gasteiger partial charge in [0.25, 0.3) is 0 Å². The van der Waals surface area contributed by atoms with E-state index in [1.165, 1.54) is 6.92 Å². The lowest BCUT2D eigenvalue weighted by atomic mass is 9.84. The number of rotatable bonds is 26. The molecular weight excluding hydrogens is 899 g/mol. The number of carbonyl (C=O) groups excluding carboxylic acids is 7. The standard InChI is InChI=1S/C56H73N7O8/c1-36(2)30-48(55(70)60-46(28-29-57)54(69)61-47(38(4)64)32-39-14-8-5-9-15-39)59-51(66)35-58-53(68)49(33-40-16-10-6-11-17-40)63-56(71)50(62-52(67)37(3)31-41-22-26-45(65)27-23-41)34-42-20-24-44(25-21-42)43-18-12-7-13-19-43/h6-7,10-13,16-27,36-37,39,46-50,65H,5,8-9,14-15,28-35,57H2,1-4H3,(H,58,68)(H,59,66)(H,60,70)(H,61,69)(H,62,67)(H,63,71)/t37-,46-,47-,48+,49-,50-/m0/s1. The lowest BCUT2D eigenvalue weighted by Crippen LogP contribution is -2.58. The summed E-state index contributed by atoms with van der Waals surface area (Å²) in [5.74, 6) is -3.85. The third-order valence-electron chi connectivity index (χ3n) is 12.9. The highest BCUT2D eigenvalue weighted by atomic mass is 16.3. The Morgan fingerprint density at radius 2 is 1.04 bits per heavy atom. The van der Waals surface area contributed by atoms with Crippen LogP contribution in [0, 0.1) is 17.8 Å². The molecule has 9 N–H and O–H groups in total. The summed E-state index contributed by atoms with van der Waals surface area (Å²) >= 11 is 0. The largest absolute Gasteiger partial charge is 0.508 e. The number of aromatic hydroxyl groups is 1. The number of amides is 6. The van der Waals surface area contributed by atoms with Crippen LogP contribution in [0.3, 0.4) is 0 Å². The van der Waals surface area contributed by atoms with Crippen LogP contribution in [0.2, 0.25) is 0 Å². The summed E-state index contributed by atoms with van der Waals surface area (Å²) in [5, 5.41) is 26.5. The Labute approximate surface area is 418 Å². The van der Waals surface area contributed by atoms with Crippen LogP contribution < -0.4 is 37.6 Å². The van der Waals surface area contributed by atoms with E-state index >= 15 is 0 Å². The van der Waals surface area contributed by atoms with Crippen molar-refractivity contribution < 1.29 is 38.7 Å². The molecule has 380 valence electrons. The summed E-state index contributed by atoms with van der Waals surface area (Å²) in [6, 6.07) is 28.0. The van der Waals surface area contributed by atoms with Gasteiger partial charge in [-0.15, -0.1) is 0 Å². The molecule has 0 aliphatic heterocycles. The van der Waals surface area contributed by atoms with Crippen LogP contribution in [0.15, 0.2) is 109 Å². The Morgan fingerprint density at radius 3 is 1.65 bits per heavy atom. The first-order valence-electron chi connectivity index (χ1n) is 25.0. The average Bonchev–Trinajstić information content (AvgIpc) is 3.36. The number of hydrogen-bond acceptors (Lipinski definition) is 9. The van der Waals surface area contributed by atoms with Crippen LogP contribution >= 0.6 is 0 Å². The van der Waals surface area contributed by atoms with Gasteiger partial charge in [-0.2, -0.15) is 0 Å². The summed E-state index contributed by atoms with van der Waals surface area (Å²) in [6.45, 7) is 6.49. The molecule has 71 heavy (non-hydrogen) atoms. The molecule has 0 aromatic heterocycles. The molecule has 5 rings (SSSR count). The number of nitrogens with one attached hydrogen (secondary N) is 6. The highest BCUT2D eigenvalue weighted by Gasteiger charge is 2.32. The molecule has 0 bridgehead atoms. The quantitative estimate of drug-likeness (QED) is 0.0411. The molecule has 6 atom stereocenters. The topological polar surface area (TPSA) is 238 Å². The minimum atomic E-state index is -1.19. The normalized spacial score (nSPS) is 15.2. The van der Waals surface area contributed by atoms with Gasteiger partial charge in [-0.1, -0.05) is 150 Å². The Bertz CT molecular complexity index is 2360. The number of benzene rings is 4. The van der Waals surface area contributed by atoms with E-state index in [-0.39, 0.29) is 55.6 Å². The van der Waals surface area contributed by atoms with Crippen molar-refractivity contribution in [2.24, 2.45) is 23.5 Å². The zero-order chi connectivity index (χ0) is 51.3. The number of ketones is 1. The fourth-order valence-electron chi connectivity index (χ4n) is 8.93. The summed E-state index contributed by atoms with van der Waals surface area (Å²) in [4.78, 5) is 95.9. The molecule has 0 saturated heterocycles. The van der Waals surface area contributed by atoms with Crippen LogP contribution in [0.1, 0.15) is 95.8 Å². The van der Waals surface area contributed by atoms with Gasteiger partial charge >= 0.3 is 0 Å². The van der Waals surface area contributed by atoms with Gasteiger partial charge in [0.2, 0.25) is 35.4 Å². The highest BCUT2D eigenvalue weighted by molar-refractivity contribution is 5.96. The number of phenols is 1. The van der Waals surface area contributed by atoms with Gasteiger partial charge in [0.15, 0.2) is 5.78 Å². The second-order valence-corrected chi connectivity index (χ2v) is 19.4. The van der Waals surface area contributed by atoms with Gasteiger partial charge in [-0.3, -0.25) is 33.6 Å². The fraction of sp³-hybridized carbons (Fsp3) is 0.446. The molecular formula is C56H73N7O8. The lowest BCUT2D eigenvalue weighted by molar-refractivity contribution is -0.134. The van der Waals surface area contributed by atoms with Crippen LogP contribution in [0.5, 0.6) is 5.75 Å². The molecule has 4 aromatic rings. The fourth-order valence-corrected chi connectivity index (χ4v) is 8.93. The Hall–Kier alpha value is -6.87. The van der Waals surface area contributed by atoms with Gasteiger partial charge in [0, 0.05) is 18.8 Å². The SMILES string of the molecule is CC(=O)[C@H](CC1CCCCC1)NC(=O)[C@H](CCN)NC(=O)[C@@H](CC(C)C)NC(=O)CNC(=O)[C@H](Cc1ccccc1)NC(=O)[C@H](Cc1ccc(-c2ccccc2)cc1)NC(=O)[C@@H](C)Cc1ccc(O)cc1. The molecule has 1 aliphatic carbocycles. The average molecular weight is 972 g/mol. The third-order valence-corrected chi connectivity index (χ3v) is 12.9. The van der Waals surface area contributed by atoms with Crippen molar-refractivity contribution in [1.29, 1.82) is 0 Å². The summed E-state index contributed by atoms with van der Waals surface area (Å²) in [5.41, 5.74) is 10.2. The van der Waals surface area contributed by atoms with E-state index in [4.69, 9.17) is 5.73 Å². The van der Waals surface area contributed by atoms with E-state index in [1.807, 2.05) is 86.6 Å². The van der Waals surface area contributed by atoms with Crippen molar-refractivity contribution >= 4 is 41.2 Å². The lowest BCUT2D eigenvalue weighted by Gasteiger charge is -2.28.